The van der Waals surface area contributed by atoms with E-state index >= 15 is 0 Å². The number of piperidine rings is 2. The van der Waals surface area contributed by atoms with Crippen molar-refractivity contribution in [1.82, 2.24) is 9.80 Å². The van der Waals surface area contributed by atoms with Crippen LogP contribution in [0, 0.1) is 5.92 Å². The lowest BCUT2D eigenvalue weighted by Crippen LogP contribution is -2.52. The molecule has 2 N–H and O–H groups in total. The molecule has 3 heterocycles. The normalized spacial score (nSPS) is 35.6. The molecule has 3 atom stereocenters. The number of morpholine rings is 1. The van der Waals surface area contributed by atoms with E-state index in [0.29, 0.717) is 18.5 Å². The molecule has 3 fully saturated rings. The smallest absolute Gasteiger partial charge is 0.191 e. The molecule has 3 aliphatic heterocycles. The molecular weight excluding hydrogens is 264 g/mol. The number of aliphatic imine (C=N–C) groups is 1. The lowest BCUT2D eigenvalue weighted by molar-refractivity contribution is -0.0703. The molecule has 0 unspecified atom stereocenters. The van der Waals surface area contributed by atoms with Crippen LogP contribution in [0.3, 0.4) is 0 Å². The second-order valence-electron chi connectivity index (χ2n) is 6.99. The van der Waals surface area contributed by atoms with E-state index in [1.165, 1.54) is 38.6 Å². The average Bonchev–Trinajstić information content (AvgIpc) is 2.52. The molecule has 21 heavy (non-hydrogen) atoms. The predicted octanol–water partition coefficient (Wildman–Crippen LogP) is 1.29. The van der Waals surface area contributed by atoms with Gasteiger partial charge in [0, 0.05) is 25.7 Å². The van der Waals surface area contributed by atoms with Crippen LogP contribution in [0.2, 0.25) is 0 Å². The Kier molecular flexibility index (Phi) is 5.01. The van der Waals surface area contributed by atoms with Gasteiger partial charge in [-0.1, -0.05) is 13.3 Å². The van der Waals surface area contributed by atoms with Crippen LogP contribution >= 0.6 is 0 Å². The summed E-state index contributed by atoms with van der Waals surface area (Å²) < 4.78 is 5.98. The second-order valence-corrected chi connectivity index (χ2v) is 6.99. The summed E-state index contributed by atoms with van der Waals surface area (Å²) in [6.45, 7) is 8.24. The zero-order valence-electron chi connectivity index (χ0n) is 13.3. The largest absolute Gasteiger partial charge is 0.373 e. The van der Waals surface area contributed by atoms with Crippen LogP contribution in [0.1, 0.15) is 39.0 Å². The summed E-state index contributed by atoms with van der Waals surface area (Å²) in [4.78, 5) is 9.44. The predicted molar refractivity (Wildman–Crippen MR) is 85.4 cm³/mol. The minimum absolute atomic E-state index is 0.222. The Morgan fingerprint density at radius 3 is 2.95 bits per heavy atom. The standard InChI is InChI=1S/C16H30N4O/c1-13-5-4-8-20(10-13)16(17)18-9-15-11-19-7-3-2-6-14(19)12-21-15/h13-15H,2-12H2,1H3,(H2,17,18)/t13-,14+,15+/m1/s1. The van der Waals surface area contributed by atoms with Gasteiger partial charge in [0.15, 0.2) is 5.96 Å². The first-order chi connectivity index (χ1) is 10.2. The van der Waals surface area contributed by atoms with E-state index < -0.39 is 0 Å². The molecule has 5 heteroatoms. The van der Waals surface area contributed by atoms with Gasteiger partial charge in [-0.25, -0.2) is 0 Å². The quantitative estimate of drug-likeness (QED) is 0.616. The van der Waals surface area contributed by atoms with Crippen molar-refractivity contribution in [3.63, 3.8) is 0 Å². The summed E-state index contributed by atoms with van der Waals surface area (Å²) in [5, 5.41) is 0. The fraction of sp³-hybridized carbons (Fsp3) is 0.938. The van der Waals surface area contributed by atoms with Gasteiger partial charge in [-0.15, -0.1) is 0 Å². The van der Waals surface area contributed by atoms with Crippen molar-refractivity contribution >= 4 is 5.96 Å². The van der Waals surface area contributed by atoms with Crippen molar-refractivity contribution < 1.29 is 4.74 Å². The van der Waals surface area contributed by atoms with Crippen LogP contribution in [0.25, 0.3) is 0 Å². The summed E-state index contributed by atoms with van der Waals surface area (Å²) in [7, 11) is 0. The molecule has 0 bridgehead atoms. The fourth-order valence-corrected chi connectivity index (χ4v) is 3.85. The molecule has 0 aliphatic carbocycles. The van der Waals surface area contributed by atoms with Gasteiger partial charge in [-0.05, 0) is 38.1 Å². The van der Waals surface area contributed by atoms with Crippen LogP contribution in [-0.2, 0) is 4.74 Å². The van der Waals surface area contributed by atoms with E-state index in [4.69, 9.17) is 10.5 Å². The summed E-state index contributed by atoms with van der Waals surface area (Å²) >= 11 is 0. The molecule has 3 saturated heterocycles. The number of hydrogen-bond acceptors (Lipinski definition) is 3. The lowest BCUT2D eigenvalue weighted by atomic mass is 10.0. The lowest BCUT2D eigenvalue weighted by Gasteiger charge is -2.42. The highest BCUT2D eigenvalue weighted by molar-refractivity contribution is 5.78. The maximum absolute atomic E-state index is 6.17. The number of rotatable bonds is 2. The average molecular weight is 294 g/mol. The highest BCUT2D eigenvalue weighted by Gasteiger charge is 2.30. The third kappa shape index (κ3) is 3.89. The zero-order chi connectivity index (χ0) is 14.7. The first kappa shape index (κ1) is 15.1. The highest BCUT2D eigenvalue weighted by atomic mass is 16.5. The van der Waals surface area contributed by atoms with Crippen LogP contribution < -0.4 is 5.73 Å². The molecule has 3 aliphatic rings. The number of nitrogens with two attached hydrogens (primary N) is 1. The monoisotopic (exact) mass is 294 g/mol. The van der Waals surface area contributed by atoms with E-state index in [9.17, 15) is 0 Å². The number of hydrogen-bond donors (Lipinski definition) is 1. The summed E-state index contributed by atoms with van der Waals surface area (Å²) in [5.41, 5.74) is 6.17. The molecule has 120 valence electrons. The molecule has 0 spiro atoms. The molecule has 0 aromatic carbocycles. The van der Waals surface area contributed by atoms with Crippen LogP contribution in [-0.4, -0.2) is 67.2 Å². The number of nitrogens with zero attached hydrogens (tertiary/aromatic N) is 3. The van der Waals surface area contributed by atoms with Crippen LogP contribution in [0.15, 0.2) is 4.99 Å². The Balaban J connectivity index is 1.48. The van der Waals surface area contributed by atoms with Gasteiger partial charge >= 0.3 is 0 Å². The van der Waals surface area contributed by atoms with E-state index in [0.717, 1.165) is 32.2 Å². The number of guanidine groups is 1. The summed E-state index contributed by atoms with van der Waals surface area (Å²) in [6, 6.07) is 0.652. The van der Waals surface area contributed by atoms with E-state index in [1.54, 1.807) is 0 Å². The molecule has 3 rings (SSSR count). The molecule has 0 aromatic rings. The van der Waals surface area contributed by atoms with Gasteiger partial charge in [0.2, 0.25) is 0 Å². The second kappa shape index (κ2) is 6.97. The first-order valence-electron chi connectivity index (χ1n) is 8.63. The molecule has 0 aromatic heterocycles. The number of likely N-dealkylation sites (tertiary alicyclic amines) is 1. The van der Waals surface area contributed by atoms with Crippen molar-refractivity contribution in [2.75, 3.05) is 39.3 Å². The van der Waals surface area contributed by atoms with Gasteiger partial charge < -0.3 is 15.4 Å². The number of fused-ring (bicyclic) bond motifs is 1. The molecule has 0 saturated carbocycles. The van der Waals surface area contributed by atoms with Gasteiger partial charge in [0.1, 0.15) is 0 Å². The van der Waals surface area contributed by atoms with E-state index in [1.807, 2.05) is 0 Å². The summed E-state index contributed by atoms with van der Waals surface area (Å²) in [6.07, 6.45) is 6.75. The van der Waals surface area contributed by atoms with Crippen LogP contribution in [0.4, 0.5) is 0 Å². The maximum atomic E-state index is 6.17. The fourth-order valence-electron chi connectivity index (χ4n) is 3.85. The van der Waals surface area contributed by atoms with Crippen molar-refractivity contribution in [3.05, 3.63) is 0 Å². The van der Waals surface area contributed by atoms with Crippen LogP contribution in [0.5, 0.6) is 0 Å². The highest BCUT2D eigenvalue weighted by Crippen LogP contribution is 2.22. The Labute approximate surface area is 128 Å². The third-order valence-corrected chi connectivity index (χ3v) is 5.15. The molecule has 5 nitrogen and oxygen atoms in total. The summed E-state index contributed by atoms with van der Waals surface area (Å²) in [5.74, 6) is 1.44. The topological polar surface area (TPSA) is 54.1 Å². The molecule has 0 radical (unpaired) electrons. The SMILES string of the molecule is C[C@@H]1CCCN(C(N)=NC[C@H]2CN3CCCC[C@H]3CO2)C1. The molecular formula is C16H30N4O. The van der Waals surface area contributed by atoms with Crippen molar-refractivity contribution in [1.29, 1.82) is 0 Å². The third-order valence-electron chi connectivity index (χ3n) is 5.15. The Morgan fingerprint density at radius 2 is 2.10 bits per heavy atom. The Morgan fingerprint density at radius 1 is 1.19 bits per heavy atom. The van der Waals surface area contributed by atoms with Crippen molar-refractivity contribution in [3.8, 4) is 0 Å². The van der Waals surface area contributed by atoms with Gasteiger partial charge in [0.25, 0.3) is 0 Å². The van der Waals surface area contributed by atoms with Gasteiger partial charge in [0.05, 0.1) is 19.3 Å². The van der Waals surface area contributed by atoms with Gasteiger partial charge in [-0.2, -0.15) is 0 Å². The van der Waals surface area contributed by atoms with E-state index in [-0.39, 0.29) is 6.10 Å². The number of ether oxygens (including phenoxy) is 1. The van der Waals surface area contributed by atoms with Crippen molar-refractivity contribution in [2.45, 2.75) is 51.2 Å². The minimum atomic E-state index is 0.222. The van der Waals surface area contributed by atoms with E-state index in [2.05, 4.69) is 21.7 Å². The maximum Gasteiger partial charge on any atom is 0.191 e. The Bertz CT molecular complexity index is 373. The first-order valence-corrected chi connectivity index (χ1v) is 8.63. The Hall–Kier alpha value is -0.810. The van der Waals surface area contributed by atoms with Gasteiger partial charge in [-0.3, -0.25) is 9.89 Å². The zero-order valence-corrected chi connectivity index (χ0v) is 13.3. The van der Waals surface area contributed by atoms with Crippen molar-refractivity contribution in [2.24, 2.45) is 16.6 Å². The molecule has 0 amide bonds. The minimum Gasteiger partial charge on any atom is -0.373 e.